The van der Waals surface area contributed by atoms with Crippen molar-refractivity contribution in [1.29, 1.82) is 0 Å². The van der Waals surface area contributed by atoms with Crippen molar-refractivity contribution in [3.63, 3.8) is 0 Å². The van der Waals surface area contributed by atoms with Gasteiger partial charge in [-0.25, -0.2) is 0 Å². The number of aliphatic hydroxyl groups is 1. The first-order valence-electron chi connectivity index (χ1n) is 8.96. The van der Waals surface area contributed by atoms with Crippen molar-refractivity contribution >= 4 is 5.57 Å². The Kier molecular flexibility index (Phi) is 3.90. The molecule has 2 aromatic carbocycles. The lowest BCUT2D eigenvalue weighted by atomic mass is 9.71. The normalized spacial score (nSPS) is 24.9. The molecule has 0 bridgehead atoms. The molecule has 0 fully saturated rings. The predicted octanol–water partition coefficient (Wildman–Crippen LogP) is 5.26. The van der Waals surface area contributed by atoms with Crippen LogP contribution in [0.4, 0.5) is 0 Å². The average Bonchev–Trinajstić information content (AvgIpc) is 3.16. The zero-order valence-electron chi connectivity index (χ0n) is 14.2. The van der Waals surface area contributed by atoms with Gasteiger partial charge in [0.25, 0.3) is 0 Å². The molecule has 1 nitrogen and oxygen atoms in total. The van der Waals surface area contributed by atoms with Gasteiger partial charge in [0.05, 0.1) is 6.10 Å². The third kappa shape index (κ3) is 2.27. The molecule has 24 heavy (non-hydrogen) atoms. The van der Waals surface area contributed by atoms with Crippen molar-refractivity contribution in [2.45, 2.75) is 38.7 Å². The van der Waals surface area contributed by atoms with E-state index in [-0.39, 0.29) is 5.41 Å². The highest BCUT2D eigenvalue weighted by Gasteiger charge is 2.48. The molecule has 0 saturated heterocycles. The van der Waals surface area contributed by atoms with E-state index in [0.717, 1.165) is 31.2 Å². The molecular weight excluding hydrogens is 292 g/mol. The Bertz CT molecular complexity index is 814. The van der Waals surface area contributed by atoms with Crippen LogP contribution in [0.15, 0.2) is 66.8 Å². The van der Waals surface area contributed by atoms with Crippen LogP contribution in [0.3, 0.4) is 0 Å². The number of benzene rings is 2. The maximum absolute atomic E-state index is 11.3. The van der Waals surface area contributed by atoms with Crippen LogP contribution in [0.1, 0.15) is 48.1 Å². The third-order valence-corrected chi connectivity index (χ3v) is 5.63. The van der Waals surface area contributed by atoms with Gasteiger partial charge < -0.3 is 5.11 Å². The number of hydrogen-bond donors (Lipinski definition) is 1. The van der Waals surface area contributed by atoms with E-state index in [1.807, 2.05) is 6.07 Å². The minimum absolute atomic E-state index is 0.234. The summed E-state index contributed by atoms with van der Waals surface area (Å²) in [7, 11) is 0. The molecule has 0 aliphatic heterocycles. The smallest absolute Gasteiger partial charge is 0.0895 e. The highest BCUT2D eigenvalue weighted by Crippen LogP contribution is 2.57. The Morgan fingerprint density at radius 1 is 1.04 bits per heavy atom. The van der Waals surface area contributed by atoms with Crippen LogP contribution in [0.5, 0.6) is 0 Å². The van der Waals surface area contributed by atoms with Crippen molar-refractivity contribution in [2.24, 2.45) is 5.41 Å². The lowest BCUT2D eigenvalue weighted by molar-refractivity contribution is 0.0828. The topological polar surface area (TPSA) is 20.2 Å². The molecule has 2 unspecified atom stereocenters. The molecule has 1 heteroatoms. The lowest BCUT2D eigenvalue weighted by Gasteiger charge is -2.34. The molecule has 1 N–H and O–H groups in total. The first-order valence-corrected chi connectivity index (χ1v) is 8.96. The molecule has 0 aromatic heterocycles. The van der Waals surface area contributed by atoms with E-state index in [1.165, 1.54) is 22.3 Å². The molecule has 122 valence electrons. The first-order chi connectivity index (χ1) is 11.8. The van der Waals surface area contributed by atoms with Crippen LogP contribution in [-0.4, -0.2) is 5.11 Å². The number of allylic oxidation sites excluding steroid dienone is 3. The van der Waals surface area contributed by atoms with E-state index in [0.29, 0.717) is 0 Å². The third-order valence-electron chi connectivity index (χ3n) is 5.63. The number of aliphatic hydroxyl groups excluding tert-OH is 1. The van der Waals surface area contributed by atoms with E-state index in [4.69, 9.17) is 0 Å². The maximum Gasteiger partial charge on any atom is 0.0895 e. The summed E-state index contributed by atoms with van der Waals surface area (Å²) in [6.07, 6.45) is 10.2. The van der Waals surface area contributed by atoms with Gasteiger partial charge in [0.1, 0.15) is 0 Å². The summed E-state index contributed by atoms with van der Waals surface area (Å²) in [6, 6.07) is 17.0. The second-order valence-electron chi connectivity index (χ2n) is 7.00. The molecule has 0 spiro atoms. The van der Waals surface area contributed by atoms with E-state index in [9.17, 15) is 5.11 Å². The summed E-state index contributed by atoms with van der Waals surface area (Å²) < 4.78 is 0. The summed E-state index contributed by atoms with van der Waals surface area (Å²) in [5.41, 5.74) is 6.21. The Morgan fingerprint density at radius 3 is 2.58 bits per heavy atom. The highest BCUT2D eigenvalue weighted by atomic mass is 16.3. The zero-order valence-corrected chi connectivity index (χ0v) is 14.2. The monoisotopic (exact) mass is 316 g/mol. The van der Waals surface area contributed by atoms with Crippen LogP contribution in [0.2, 0.25) is 0 Å². The summed E-state index contributed by atoms with van der Waals surface area (Å²) in [5, 5.41) is 11.3. The van der Waals surface area contributed by atoms with Crippen LogP contribution in [0.25, 0.3) is 5.57 Å². The van der Waals surface area contributed by atoms with E-state index >= 15 is 0 Å². The summed E-state index contributed by atoms with van der Waals surface area (Å²) >= 11 is 0. The zero-order chi connectivity index (χ0) is 16.6. The van der Waals surface area contributed by atoms with Gasteiger partial charge in [-0.15, -0.1) is 0 Å². The first kappa shape index (κ1) is 15.4. The molecule has 2 aliphatic rings. The van der Waals surface area contributed by atoms with Gasteiger partial charge in [-0.3, -0.25) is 0 Å². The van der Waals surface area contributed by atoms with Crippen LogP contribution in [-0.2, 0) is 12.8 Å². The van der Waals surface area contributed by atoms with Crippen molar-refractivity contribution in [1.82, 2.24) is 0 Å². The van der Waals surface area contributed by atoms with E-state index < -0.39 is 6.10 Å². The second-order valence-corrected chi connectivity index (χ2v) is 7.00. The molecule has 4 rings (SSSR count). The largest absolute Gasteiger partial charge is 0.387 e. The van der Waals surface area contributed by atoms with Gasteiger partial charge in [0, 0.05) is 5.41 Å². The fraction of sp³-hybridized carbons (Fsp3) is 0.304. The summed E-state index contributed by atoms with van der Waals surface area (Å²) in [4.78, 5) is 0. The Hall–Kier alpha value is -2.12. The molecule has 0 heterocycles. The molecule has 0 saturated carbocycles. The Labute approximate surface area is 144 Å². The van der Waals surface area contributed by atoms with E-state index in [1.54, 1.807) is 0 Å². The Morgan fingerprint density at radius 2 is 1.79 bits per heavy atom. The lowest BCUT2D eigenvalue weighted by Crippen LogP contribution is -2.27. The summed E-state index contributed by atoms with van der Waals surface area (Å²) in [6.45, 7) is 2.16. The minimum Gasteiger partial charge on any atom is -0.387 e. The molecule has 0 amide bonds. The molecular formula is C23H24O. The van der Waals surface area contributed by atoms with Crippen LogP contribution >= 0.6 is 0 Å². The van der Waals surface area contributed by atoms with Gasteiger partial charge in [-0.1, -0.05) is 73.7 Å². The molecule has 2 atom stereocenters. The molecule has 2 aliphatic carbocycles. The van der Waals surface area contributed by atoms with Gasteiger partial charge in [-0.2, -0.15) is 0 Å². The van der Waals surface area contributed by atoms with Crippen LogP contribution in [0, 0.1) is 5.41 Å². The van der Waals surface area contributed by atoms with E-state index in [2.05, 4.69) is 67.6 Å². The standard InChI is InChI=1S/C23H24O/c1-2-3-8-15-23(16-18-10-5-7-12-20(18)22(23)24)21-14-13-17-9-4-6-11-19(17)21/h3-12,14,22,24H,2,13,15-16H2,1H3/b8-3+. The summed E-state index contributed by atoms with van der Waals surface area (Å²) in [5.74, 6) is 0. The quantitative estimate of drug-likeness (QED) is 0.763. The fourth-order valence-corrected chi connectivity index (χ4v) is 4.45. The van der Waals surface area contributed by atoms with Crippen LogP contribution < -0.4 is 0 Å². The Balaban J connectivity index is 1.81. The second kappa shape index (κ2) is 6.07. The van der Waals surface area contributed by atoms with Crippen molar-refractivity contribution in [3.05, 3.63) is 89.0 Å². The number of hydrogen-bond acceptors (Lipinski definition) is 1. The van der Waals surface area contributed by atoms with Crippen molar-refractivity contribution in [3.8, 4) is 0 Å². The maximum atomic E-state index is 11.3. The average molecular weight is 316 g/mol. The molecule has 0 radical (unpaired) electrons. The fourth-order valence-electron chi connectivity index (χ4n) is 4.45. The molecule has 2 aromatic rings. The van der Waals surface area contributed by atoms with Gasteiger partial charge in [0.2, 0.25) is 0 Å². The van der Waals surface area contributed by atoms with Crippen molar-refractivity contribution < 1.29 is 5.11 Å². The predicted molar refractivity (Wildman–Crippen MR) is 99.7 cm³/mol. The number of rotatable bonds is 4. The minimum atomic E-state index is -0.437. The van der Waals surface area contributed by atoms with Gasteiger partial charge in [0.15, 0.2) is 0 Å². The van der Waals surface area contributed by atoms with Gasteiger partial charge >= 0.3 is 0 Å². The van der Waals surface area contributed by atoms with Crippen molar-refractivity contribution in [2.75, 3.05) is 0 Å². The SMILES string of the molecule is CC/C=C/CC1(C2=CCc3ccccc32)Cc2ccccc2C1O. The van der Waals surface area contributed by atoms with Gasteiger partial charge in [-0.05, 0) is 53.5 Å². The number of fused-ring (bicyclic) bond motifs is 2. The highest BCUT2D eigenvalue weighted by molar-refractivity contribution is 5.79.